The van der Waals surface area contributed by atoms with E-state index in [1.165, 1.54) is 0 Å². The van der Waals surface area contributed by atoms with E-state index in [0.29, 0.717) is 12.1 Å². The minimum Gasteiger partial charge on any atom is -0.360 e. The van der Waals surface area contributed by atoms with Crippen molar-refractivity contribution in [3.8, 4) is 11.3 Å². The van der Waals surface area contributed by atoms with Crippen LogP contribution in [0.3, 0.4) is 0 Å². The molecule has 4 nitrogen and oxygen atoms in total. The first-order valence-corrected chi connectivity index (χ1v) is 5.68. The van der Waals surface area contributed by atoms with Crippen LogP contribution in [0.15, 0.2) is 36.8 Å². The minimum atomic E-state index is -0.0385. The van der Waals surface area contributed by atoms with Crippen molar-refractivity contribution >= 4 is 5.91 Å². The number of aromatic amines is 1. The van der Waals surface area contributed by atoms with Gasteiger partial charge < -0.3 is 10.3 Å². The third kappa shape index (κ3) is 2.72. The highest BCUT2D eigenvalue weighted by atomic mass is 16.1. The third-order valence-corrected chi connectivity index (χ3v) is 2.47. The second-order valence-corrected chi connectivity index (χ2v) is 3.79. The molecule has 0 atom stereocenters. The van der Waals surface area contributed by atoms with Crippen molar-refractivity contribution in [2.75, 3.05) is 6.54 Å². The molecule has 0 radical (unpaired) electrons. The standard InChI is InChI=1S/C13H15N3O/c1-2-5-15-13(17)11-8-12(16-9-11)10-3-6-14-7-4-10/h3-4,6-9,16H,2,5H2,1H3,(H,15,17). The molecule has 0 unspecified atom stereocenters. The smallest absolute Gasteiger partial charge is 0.252 e. The number of aromatic nitrogens is 2. The molecule has 4 heteroatoms. The lowest BCUT2D eigenvalue weighted by Gasteiger charge is -1.99. The molecule has 0 aliphatic carbocycles. The average molecular weight is 229 g/mol. The van der Waals surface area contributed by atoms with Gasteiger partial charge in [-0.25, -0.2) is 0 Å². The molecule has 0 aromatic carbocycles. The predicted molar refractivity (Wildman–Crippen MR) is 66.6 cm³/mol. The van der Waals surface area contributed by atoms with E-state index in [0.717, 1.165) is 17.7 Å². The van der Waals surface area contributed by atoms with Crippen LogP contribution in [0.1, 0.15) is 23.7 Å². The van der Waals surface area contributed by atoms with Crippen molar-refractivity contribution in [2.45, 2.75) is 13.3 Å². The van der Waals surface area contributed by atoms with E-state index in [4.69, 9.17) is 0 Å². The number of pyridine rings is 1. The Kier molecular flexibility index (Phi) is 3.55. The summed E-state index contributed by atoms with van der Waals surface area (Å²) in [6.07, 6.45) is 6.12. The number of nitrogens with zero attached hydrogens (tertiary/aromatic N) is 1. The number of hydrogen-bond donors (Lipinski definition) is 2. The lowest BCUT2D eigenvalue weighted by atomic mass is 10.2. The van der Waals surface area contributed by atoms with Gasteiger partial charge in [0.05, 0.1) is 5.56 Å². The second kappa shape index (κ2) is 5.30. The van der Waals surface area contributed by atoms with Crippen LogP contribution in [0.4, 0.5) is 0 Å². The average Bonchev–Trinajstić information content (AvgIpc) is 2.86. The fraction of sp³-hybridized carbons (Fsp3) is 0.231. The van der Waals surface area contributed by atoms with Gasteiger partial charge in [-0.2, -0.15) is 0 Å². The van der Waals surface area contributed by atoms with Crippen molar-refractivity contribution < 1.29 is 4.79 Å². The first kappa shape index (κ1) is 11.4. The molecule has 0 bridgehead atoms. The van der Waals surface area contributed by atoms with Gasteiger partial charge in [0.1, 0.15) is 0 Å². The van der Waals surface area contributed by atoms with E-state index in [9.17, 15) is 4.79 Å². The summed E-state index contributed by atoms with van der Waals surface area (Å²) in [6.45, 7) is 2.73. The molecule has 0 spiro atoms. The maximum absolute atomic E-state index is 11.7. The Labute approximate surface area is 100 Å². The largest absolute Gasteiger partial charge is 0.360 e. The van der Waals surface area contributed by atoms with E-state index in [2.05, 4.69) is 15.3 Å². The van der Waals surface area contributed by atoms with Gasteiger partial charge in [-0.3, -0.25) is 9.78 Å². The molecule has 2 rings (SSSR count). The van der Waals surface area contributed by atoms with E-state index in [1.54, 1.807) is 18.6 Å². The van der Waals surface area contributed by atoms with E-state index < -0.39 is 0 Å². The summed E-state index contributed by atoms with van der Waals surface area (Å²) in [5.41, 5.74) is 2.61. The summed E-state index contributed by atoms with van der Waals surface area (Å²) >= 11 is 0. The first-order chi connectivity index (χ1) is 8.31. The SMILES string of the molecule is CCCNC(=O)c1c[nH]c(-c2ccncc2)c1. The molecule has 2 aromatic heterocycles. The Morgan fingerprint density at radius 1 is 1.41 bits per heavy atom. The number of amides is 1. The quantitative estimate of drug-likeness (QED) is 0.844. The summed E-state index contributed by atoms with van der Waals surface area (Å²) < 4.78 is 0. The molecular formula is C13H15N3O. The van der Waals surface area contributed by atoms with E-state index in [1.807, 2.05) is 25.1 Å². The second-order valence-electron chi connectivity index (χ2n) is 3.79. The molecule has 0 saturated carbocycles. The number of H-pyrrole nitrogens is 1. The van der Waals surface area contributed by atoms with Gasteiger partial charge >= 0.3 is 0 Å². The Morgan fingerprint density at radius 3 is 2.88 bits per heavy atom. The Balaban J connectivity index is 2.14. The maximum Gasteiger partial charge on any atom is 0.252 e. The summed E-state index contributed by atoms with van der Waals surface area (Å²) in [7, 11) is 0. The normalized spacial score (nSPS) is 10.2. The van der Waals surface area contributed by atoms with Crippen molar-refractivity contribution in [3.05, 3.63) is 42.4 Å². The molecule has 0 aliphatic heterocycles. The van der Waals surface area contributed by atoms with Gasteiger partial charge in [-0.15, -0.1) is 0 Å². The molecule has 1 amide bonds. The van der Waals surface area contributed by atoms with Crippen LogP contribution in [0.25, 0.3) is 11.3 Å². The van der Waals surface area contributed by atoms with Gasteiger partial charge in [0.15, 0.2) is 0 Å². The Bertz CT molecular complexity index is 490. The van der Waals surface area contributed by atoms with Gasteiger partial charge in [-0.05, 0) is 24.6 Å². The maximum atomic E-state index is 11.7. The summed E-state index contributed by atoms with van der Waals surface area (Å²) in [5.74, 6) is -0.0385. The van der Waals surface area contributed by atoms with Crippen LogP contribution in [0.2, 0.25) is 0 Å². The molecule has 0 fully saturated rings. The number of hydrogen-bond acceptors (Lipinski definition) is 2. The van der Waals surface area contributed by atoms with E-state index in [-0.39, 0.29) is 5.91 Å². The van der Waals surface area contributed by atoms with Crippen molar-refractivity contribution in [2.24, 2.45) is 0 Å². The van der Waals surface area contributed by atoms with Crippen LogP contribution in [-0.4, -0.2) is 22.4 Å². The van der Waals surface area contributed by atoms with Gasteiger partial charge in [0, 0.05) is 36.4 Å². The molecular weight excluding hydrogens is 214 g/mol. The van der Waals surface area contributed by atoms with Crippen LogP contribution in [0.5, 0.6) is 0 Å². The predicted octanol–water partition coefficient (Wildman–Crippen LogP) is 2.22. The molecule has 0 aliphatic rings. The number of carbonyl (C=O) groups is 1. The van der Waals surface area contributed by atoms with Crippen molar-refractivity contribution in [1.82, 2.24) is 15.3 Å². The van der Waals surface area contributed by atoms with E-state index >= 15 is 0 Å². The molecule has 2 heterocycles. The number of rotatable bonds is 4. The third-order valence-electron chi connectivity index (χ3n) is 2.47. The zero-order valence-corrected chi connectivity index (χ0v) is 9.73. The van der Waals surface area contributed by atoms with Crippen LogP contribution >= 0.6 is 0 Å². The van der Waals surface area contributed by atoms with Gasteiger partial charge in [0.25, 0.3) is 5.91 Å². The van der Waals surface area contributed by atoms with Crippen LogP contribution < -0.4 is 5.32 Å². The summed E-state index contributed by atoms with van der Waals surface area (Å²) in [5, 5.41) is 2.84. The fourth-order valence-corrected chi connectivity index (χ4v) is 1.56. The molecule has 88 valence electrons. The lowest BCUT2D eigenvalue weighted by molar-refractivity contribution is 0.0954. The van der Waals surface area contributed by atoms with Crippen molar-refractivity contribution in [1.29, 1.82) is 0 Å². The Morgan fingerprint density at radius 2 is 2.18 bits per heavy atom. The van der Waals surface area contributed by atoms with Gasteiger partial charge in [0.2, 0.25) is 0 Å². The topological polar surface area (TPSA) is 57.8 Å². The minimum absolute atomic E-state index is 0.0385. The number of carbonyl (C=O) groups excluding carboxylic acids is 1. The fourth-order valence-electron chi connectivity index (χ4n) is 1.56. The molecule has 2 N–H and O–H groups in total. The molecule has 0 saturated heterocycles. The lowest BCUT2D eigenvalue weighted by Crippen LogP contribution is -2.23. The van der Waals surface area contributed by atoms with Crippen LogP contribution in [0, 0.1) is 0 Å². The molecule has 17 heavy (non-hydrogen) atoms. The highest BCUT2D eigenvalue weighted by molar-refractivity contribution is 5.95. The summed E-state index contributed by atoms with van der Waals surface area (Å²) in [6, 6.07) is 5.65. The summed E-state index contributed by atoms with van der Waals surface area (Å²) in [4.78, 5) is 18.8. The molecule has 2 aromatic rings. The van der Waals surface area contributed by atoms with Gasteiger partial charge in [-0.1, -0.05) is 6.92 Å². The Hall–Kier alpha value is -2.10. The number of nitrogens with one attached hydrogen (secondary N) is 2. The monoisotopic (exact) mass is 229 g/mol. The van der Waals surface area contributed by atoms with Crippen LogP contribution in [-0.2, 0) is 0 Å². The van der Waals surface area contributed by atoms with Crippen molar-refractivity contribution in [3.63, 3.8) is 0 Å². The highest BCUT2D eigenvalue weighted by Gasteiger charge is 2.08. The highest BCUT2D eigenvalue weighted by Crippen LogP contribution is 2.17. The first-order valence-electron chi connectivity index (χ1n) is 5.68. The zero-order chi connectivity index (χ0) is 12.1. The zero-order valence-electron chi connectivity index (χ0n) is 9.73.